The molecule has 2 aliphatic rings. The molecule has 1 aliphatic carbocycles. The molecule has 176 valence electrons. The zero-order valence-corrected chi connectivity index (χ0v) is 19.7. The van der Waals surface area contributed by atoms with Crippen LogP contribution in [0.15, 0.2) is 42.9 Å². The number of pyridine rings is 1. The number of hydrogen-bond acceptors (Lipinski definition) is 6. The summed E-state index contributed by atoms with van der Waals surface area (Å²) in [4.78, 5) is 23.5. The molecule has 2 aromatic heterocycles. The van der Waals surface area contributed by atoms with Gasteiger partial charge in [0.15, 0.2) is 0 Å². The van der Waals surface area contributed by atoms with Gasteiger partial charge in [0.2, 0.25) is 0 Å². The Balaban J connectivity index is 1.30. The topological polar surface area (TPSA) is 93.3 Å². The summed E-state index contributed by atoms with van der Waals surface area (Å²) in [5, 5.41) is 9.29. The van der Waals surface area contributed by atoms with E-state index in [-0.39, 0.29) is 11.5 Å². The van der Waals surface area contributed by atoms with E-state index < -0.39 is 5.60 Å². The molecule has 1 amide bonds. The van der Waals surface area contributed by atoms with Crippen LogP contribution >= 0.6 is 0 Å². The average molecular weight is 460 g/mol. The fraction of sp³-hybridized carbons (Fsp3) is 0.462. The fourth-order valence-electron chi connectivity index (χ4n) is 5.58. The minimum atomic E-state index is -0.483. The smallest absolute Gasteiger partial charge is 0.410 e. The number of amides is 1. The number of aromatic nitrogens is 3. The van der Waals surface area contributed by atoms with Crippen molar-refractivity contribution in [2.24, 2.45) is 5.41 Å². The lowest BCUT2D eigenvalue weighted by molar-refractivity contribution is -0.0270. The van der Waals surface area contributed by atoms with Gasteiger partial charge in [-0.25, -0.2) is 9.78 Å². The van der Waals surface area contributed by atoms with Gasteiger partial charge in [-0.05, 0) is 68.4 Å². The number of benzene rings is 1. The van der Waals surface area contributed by atoms with Crippen molar-refractivity contribution in [3.8, 4) is 11.8 Å². The van der Waals surface area contributed by atoms with Crippen molar-refractivity contribution in [2.45, 2.75) is 58.2 Å². The number of carbonyl (C=O) groups is 1. The van der Waals surface area contributed by atoms with Crippen LogP contribution in [-0.2, 0) is 17.8 Å². The van der Waals surface area contributed by atoms with Crippen LogP contribution in [0.5, 0.6) is 5.75 Å². The van der Waals surface area contributed by atoms with E-state index in [9.17, 15) is 10.1 Å². The van der Waals surface area contributed by atoms with Crippen molar-refractivity contribution in [1.29, 1.82) is 5.26 Å². The maximum absolute atomic E-state index is 12.8. The second-order valence-corrected chi connectivity index (χ2v) is 9.85. The summed E-state index contributed by atoms with van der Waals surface area (Å²) < 4.78 is 13.6. The van der Waals surface area contributed by atoms with Gasteiger partial charge in [0.05, 0.1) is 60.6 Å². The van der Waals surface area contributed by atoms with Gasteiger partial charge in [-0.1, -0.05) is 6.92 Å². The Kier molecular flexibility index (Phi) is 5.64. The van der Waals surface area contributed by atoms with Gasteiger partial charge in [-0.2, -0.15) is 5.26 Å². The summed E-state index contributed by atoms with van der Waals surface area (Å²) in [6.07, 6.45) is 6.97. The van der Waals surface area contributed by atoms with E-state index in [2.05, 4.69) is 27.5 Å². The first-order chi connectivity index (χ1) is 16.4. The fourth-order valence-corrected chi connectivity index (χ4v) is 5.58. The van der Waals surface area contributed by atoms with Crippen molar-refractivity contribution >= 4 is 17.1 Å². The van der Waals surface area contributed by atoms with Gasteiger partial charge < -0.3 is 14.0 Å². The van der Waals surface area contributed by atoms with E-state index in [1.54, 1.807) is 17.2 Å². The third-order valence-electron chi connectivity index (χ3n) is 6.97. The highest BCUT2D eigenvalue weighted by Gasteiger charge is 2.51. The van der Waals surface area contributed by atoms with Crippen LogP contribution < -0.4 is 4.74 Å². The summed E-state index contributed by atoms with van der Waals surface area (Å²) in [7, 11) is 0. The Morgan fingerprint density at radius 3 is 2.88 bits per heavy atom. The highest BCUT2D eigenvalue weighted by atomic mass is 16.6. The Morgan fingerprint density at radius 2 is 2.12 bits per heavy atom. The number of rotatable bonds is 6. The zero-order valence-electron chi connectivity index (χ0n) is 19.7. The van der Waals surface area contributed by atoms with E-state index in [0.29, 0.717) is 25.3 Å². The van der Waals surface area contributed by atoms with Crippen LogP contribution in [0.1, 0.15) is 50.8 Å². The van der Waals surface area contributed by atoms with E-state index in [0.717, 1.165) is 54.7 Å². The first-order valence-corrected chi connectivity index (χ1v) is 11.8. The molecule has 1 spiro atoms. The van der Waals surface area contributed by atoms with Crippen molar-refractivity contribution in [2.75, 3.05) is 13.2 Å². The molecule has 1 aromatic carbocycles. The van der Waals surface area contributed by atoms with Crippen molar-refractivity contribution < 1.29 is 14.3 Å². The maximum atomic E-state index is 12.8. The second-order valence-electron chi connectivity index (χ2n) is 9.85. The number of ether oxygens (including phenoxy) is 2. The van der Waals surface area contributed by atoms with Gasteiger partial charge in [-0.3, -0.25) is 9.88 Å². The largest absolute Gasteiger partial charge is 0.492 e. The highest BCUT2D eigenvalue weighted by Crippen LogP contribution is 2.47. The molecule has 5 rings (SSSR count). The molecular weight excluding hydrogens is 430 g/mol. The number of imidazole rings is 1. The lowest BCUT2D eigenvalue weighted by atomic mass is 9.68. The van der Waals surface area contributed by atoms with Gasteiger partial charge in [0.25, 0.3) is 0 Å². The number of hydrogen-bond donors (Lipinski definition) is 0. The Morgan fingerprint density at radius 1 is 1.24 bits per heavy atom. The predicted octanol–water partition coefficient (Wildman–Crippen LogP) is 4.67. The molecule has 3 aromatic rings. The van der Waals surface area contributed by atoms with Crippen molar-refractivity contribution in [1.82, 2.24) is 19.4 Å². The minimum absolute atomic E-state index is 0.0534. The zero-order chi connectivity index (χ0) is 23.8. The predicted molar refractivity (Wildman–Crippen MR) is 126 cm³/mol. The molecule has 1 saturated carbocycles. The molecule has 0 bridgehead atoms. The molecule has 2 fully saturated rings. The Labute approximate surface area is 199 Å². The normalized spacial score (nSPS) is 24.4. The highest BCUT2D eigenvalue weighted by molar-refractivity contribution is 5.77. The van der Waals surface area contributed by atoms with Gasteiger partial charge in [0, 0.05) is 6.54 Å². The first-order valence-electron chi connectivity index (χ1n) is 11.8. The summed E-state index contributed by atoms with van der Waals surface area (Å²) >= 11 is 0. The molecule has 8 heteroatoms. The molecular formula is C26H29N5O3. The number of nitriles is 1. The molecule has 0 N–H and O–H groups in total. The van der Waals surface area contributed by atoms with Crippen LogP contribution in [-0.4, -0.2) is 44.3 Å². The number of nitrogens with zero attached hydrogens (tertiary/aromatic N) is 5. The van der Waals surface area contributed by atoms with E-state index >= 15 is 0 Å². The van der Waals surface area contributed by atoms with Crippen molar-refractivity contribution in [3.63, 3.8) is 0 Å². The van der Waals surface area contributed by atoms with Crippen molar-refractivity contribution in [3.05, 3.63) is 54.1 Å². The lowest BCUT2D eigenvalue weighted by Gasteiger charge is -2.43. The molecule has 34 heavy (non-hydrogen) atoms. The molecule has 0 radical (unpaired) electrons. The molecule has 8 nitrogen and oxygen atoms in total. The lowest BCUT2D eigenvalue weighted by Crippen LogP contribution is -2.44. The molecule has 1 saturated heterocycles. The van der Waals surface area contributed by atoms with Gasteiger partial charge >= 0.3 is 6.09 Å². The number of carbonyl (C=O) groups excluding carboxylic acids is 1. The van der Waals surface area contributed by atoms with Crippen LogP contribution in [0.4, 0.5) is 4.79 Å². The van der Waals surface area contributed by atoms with E-state index in [1.807, 2.05) is 37.5 Å². The van der Waals surface area contributed by atoms with Crippen LogP contribution in [0.2, 0.25) is 0 Å². The monoisotopic (exact) mass is 459 g/mol. The first kappa shape index (κ1) is 22.2. The molecule has 0 unspecified atom stereocenters. The summed E-state index contributed by atoms with van der Waals surface area (Å²) in [6.45, 7) is 6.54. The second kappa shape index (κ2) is 8.64. The van der Waals surface area contributed by atoms with E-state index in [4.69, 9.17) is 9.47 Å². The Hall–Kier alpha value is -3.60. The average Bonchev–Trinajstić information content (AvgIpc) is 3.34. The Bertz CT molecular complexity index is 1250. The van der Waals surface area contributed by atoms with Crippen LogP contribution in [0.25, 0.3) is 11.0 Å². The summed E-state index contributed by atoms with van der Waals surface area (Å²) in [5.41, 5.74) is 2.75. The maximum Gasteiger partial charge on any atom is 0.410 e. The minimum Gasteiger partial charge on any atom is -0.492 e. The molecule has 1 aliphatic heterocycles. The molecule has 3 heterocycles. The van der Waals surface area contributed by atoms with E-state index in [1.165, 1.54) is 0 Å². The third kappa shape index (κ3) is 4.30. The summed E-state index contributed by atoms with van der Waals surface area (Å²) in [6, 6.07) is 11.6. The third-order valence-corrected chi connectivity index (χ3v) is 6.97. The standard InChI is InChI=1S/C26H29N5O3/c1-3-33-21-7-6-20(28-13-21)14-30-17-26(34-24(30)32)10-4-9-25(2,15-26)16-31-18-29-22-8-5-19(12-27)11-23(22)31/h5-8,11,13,18H,3-4,9-10,14-17H2,1-2H3/t25-,26+/m0/s1. The SMILES string of the molecule is CCOc1ccc(CN2C[C@]3(CCC[C@](C)(Cn4cnc5ccc(C#N)cc54)C3)OC2=O)nc1. The van der Waals surface area contributed by atoms with Gasteiger partial charge in [-0.15, -0.1) is 0 Å². The van der Waals surface area contributed by atoms with Gasteiger partial charge in [0.1, 0.15) is 11.4 Å². The number of fused-ring (bicyclic) bond motifs is 1. The quantitative estimate of drug-likeness (QED) is 0.532. The summed E-state index contributed by atoms with van der Waals surface area (Å²) in [5.74, 6) is 0.726. The molecule has 2 atom stereocenters. The van der Waals surface area contributed by atoms with Crippen LogP contribution in [0, 0.1) is 16.7 Å². The van der Waals surface area contributed by atoms with Crippen LogP contribution in [0.3, 0.4) is 0 Å².